The number of rotatable bonds is 6. The standard InChI is InChI=1S/C11H13N3.C11H12O2.C9H18.C2H6/c1-8-12-10-7-5-4-6-9(10)11(13-8)14(2)3;1-9(12)7-8-11(13)10-5-3-2-4-6-10;1-3-9-6-4-8(2)5-7-9;1-2/h4-7H,1-3H3;2-6H,7-8H2,1H3;8-9H,3-7H2,1-2H3;1-2H3. The molecule has 5 heteroatoms. The van der Waals surface area contributed by atoms with Crippen LogP contribution < -0.4 is 4.90 Å². The third-order valence-corrected chi connectivity index (χ3v) is 6.63. The van der Waals surface area contributed by atoms with E-state index in [1.807, 2.05) is 82.2 Å². The minimum atomic E-state index is 0.0378. The molecule has 0 spiro atoms. The summed E-state index contributed by atoms with van der Waals surface area (Å²) >= 11 is 0. The lowest BCUT2D eigenvalue weighted by atomic mass is 9.82. The van der Waals surface area contributed by atoms with Crippen LogP contribution in [0.2, 0.25) is 0 Å². The van der Waals surface area contributed by atoms with Crippen LogP contribution >= 0.6 is 0 Å². The second kappa shape index (κ2) is 18.2. The molecule has 0 atom stereocenters. The van der Waals surface area contributed by atoms with Crippen molar-refractivity contribution in [2.45, 2.75) is 86.5 Å². The number of ketones is 2. The monoisotopic (exact) mass is 519 g/mol. The van der Waals surface area contributed by atoms with Gasteiger partial charge >= 0.3 is 0 Å². The molecule has 0 radical (unpaired) electrons. The Balaban J connectivity index is 0.000000282. The van der Waals surface area contributed by atoms with Crippen molar-refractivity contribution in [3.63, 3.8) is 0 Å². The van der Waals surface area contributed by atoms with Gasteiger partial charge in [-0.3, -0.25) is 4.79 Å². The molecule has 2 aromatic carbocycles. The van der Waals surface area contributed by atoms with Crippen LogP contribution in [0.1, 0.15) is 95.7 Å². The average molecular weight is 520 g/mol. The molecule has 3 aromatic rings. The number of anilines is 1. The van der Waals surface area contributed by atoms with E-state index >= 15 is 0 Å². The van der Waals surface area contributed by atoms with Crippen molar-refractivity contribution in [3.8, 4) is 0 Å². The molecule has 0 bridgehead atoms. The van der Waals surface area contributed by atoms with E-state index < -0.39 is 0 Å². The number of aryl methyl sites for hydroxylation is 1. The lowest BCUT2D eigenvalue weighted by Crippen LogP contribution is -2.12. The molecule has 1 fully saturated rings. The van der Waals surface area contributed by atoms with E-state index in [-0.39, 0.29) is 11.6 Å². The van der Waals surface area contributed by atoms with E-state index in [0.717, 1.165) is 34.4 Å². The third kappa shape index (κ3) is 12.0. The van der Waals surface area contributed by atoms with Gasteiger partial charge in [0.1, 0.15) is 17.4 Å². The molecule has 0 N–H and O–H groups in total. The highest BCUT2D eigenvalue weighted by atomic mass is 16.1. The first-order chi connectivity index (χ1) is 18.2. The number of hydrogen-bond donors (Lipinski definition) is 0. The smallest absolute Gasteiger partial charge is 0.163 e. The summed E-state index contributed by atoms with van der Waals surface area (Å²) < 4.78 is 0. The van der Waals surface area contributed by atoms with E-state index in [0.29, 0.717) is 18.4 Å². The molecular weight excluding hydrogens is 470 g/mol. The molecule has 1 aromatic heterocycles. The van der Waals surface area contributed by atoms with Crippen LogP contribution in [0.15, 0.2) is 54.6 Å². The van der Waals surface area contributed by atoms with Crippen LogP contribution in [0.25, 0.3) is 10.9 Å². The topological polar surface area (TPSA) is 63.2 Å². The molecule has 4 rings (SSSR count). The molecule has 0 amide bonds. The highest BCUT2D eigenvalue weighted by Crippen LogP contribution is 2.29. The van der Waals surface area contributed by atoms with E-state index in [9.17, 15) is 9.59 Å². The van der Waals surface area contributed by atoms with Crippen LogP contribution in [0.5, 0.6) is 0 Å². The molecule has 5 nitrogen and oxygen atoms in total. The average Bonchev–Trinajstić information content (AvgIpc) is 2.94. The van der Waals surface area contributed by atoms with E-state index in [2.05, 4.69) is 23.8 Å². The summed E-state index contributed by atoms with van der Waals surface area (Å²) in [4.78, 5) is 32.8. The van der Waals surface area contributed by atoms with Gasteiger partial charge < -0.3 is 9.69 Å². The van der Waals surface area contributed by atoms with Crippen LogP contribution in [0.3, 0.4) is 0 Å². The maximum Gasteiger partial charge on any atom is 0.163 e. The number of fused-ring (bicyclic) bond motifs is 1. The maximum atomic E-state index is 11.4. The van der Waals surface area contributed by atoms with Gasteiger partial charge in [0.05, 0.1) is 5.52 Å². The Hall–Kier alpha value is -3.08. The highest BCUT2D eigenvalue weighted by Gasteiger charge is 2.15. The van der Waals surface area contributed by atoms with Crippen LogP contribution in [-0.4, -0.2) is 35.6 Å². The predicted molar refractivity (Wildman–Crippen MR) is 162 cm³/mol. The molecule has 38 heavy (non-hydrogen) atoms. The summed E-state index contributed by atoms with van der Waals surface area (Å²) in [5.74, 6) is 3.98. The summed E-state index contributed by atoms with van der Waals surface area (Å²) in [7, 11) is 3.99. The highest BCUT2D eigenvalue weighted by molar-refractivity contribution is 5.97. The van der Waals surface area contributed by atoms with Crippen molar-refractivity contribution in [1.29, 1.82) is 0 Å². The van der Waals surface area contributed by atoms with Crippen LogP contribution in [-0.2, 0) is 4.79 Å². The Kier molecular flexibility index (Phi) is 15.8. The lowest BCUT2D eigenvalue weighted by molar-refractivity contribution is -0.116. The van der Waals surface area contributed by atoms with Gasteiger partial charge in [-0.1, -0.05) is 102 Å². The first-order valence-corrected chi connectivity index (χ1v) is 14.2. The minimum Gasteiger partial charge on any atom is -0.362 e. The first kappa shape index (κ1) is 32.9. The first-order valence-electron chi connectivity index (χ1n) is 14.2. The van der Waals surface area contributed by atoms with Crippen molar-refractivity contribution >= 4 is 28.3 Å². The Bertz CT molecular complexity index is 1090. The molecule has 0 saturated heterocycles. The van der Waals surface area contributed by atoms with Gasteiger partial charge in [0.25, 0.3) is 0 Å². The van der Waals surface area contributed by atoms with E-state index in [1.54, 1.807) is 12.1 Å². The van der Waals surface area contributed by atoms with E-state index in [1.165, 1.54) is 39.0 Å². The largest absolute Gasteiger partial charge is 0.362 e. The molecule has 1 aliphatic carbocycles. The Labute approximate surface area is 231 Å². The Morgan fingerprint density at radius 2 is 1.45 bits per heavy atom. The zero-order valence-corrected chi connectivity index (χ0v) is 25.0. The Morgan fingerprint density at radius 3 is 2.00 bits per heavy atom. The van der Waals surface area contributed by atoms with Gasteiger partial charge in [-0.25, -0.2) is 9.97 Å². The SMILES string of the molecule is CC.CC(=O)CCC(=O)c1ccccc1.CCC1CCC(C)CC1.Cc1nc(N(C)C)c2ccccc2n1. The number of carbonyl (C=O) groups excluding carboxylic acids is 2. The fourth-order valence-corrected chi connectivity index (χ4v) is 4.31. The van der Waals surface area contributed by atoms with Crippen molar-refractivity contribution < 1.29 is 9.59 Å². The number of aromatic nitrogens is 2. The van der Waals surface area contributed by atoms with Crippen molar-refractivity contribution in [2.24, 2.45) is 11.8 Å². The molecule has 208 valence electrons. The van der Waals surface area contributed by atoms with Crippen molar-refractivity contribution in [2.75, 3.05) is 19.0 Å². The van der Waals surface area contributed by atoms with Gasteiger partial charge in [-0.15, -0.1) is 0 Å². The number of carbonyl (C=O) groups is 2. The molecule has 1 heterocycles. The maximum absolute atomic E-state index is 11.4. The second-order valence-electron chi connectivity index (χ2n) is 10.0. The molecule has 1 aliphatic rings. The number of hydrogen-bond acceptors (Lipinski definition) is 5. The van der Waals surface area contributed by atoms with Gasteiger partial charge in [-0.05, 0) is 37.8 Å². The van der Waals surface area contributed by atoms with Gasteiger partial charge in [0.15, 0.2) is 5.78 Å². The fraction of sp³-hybridized carbons (Fsp3) is 0.515. The summed E-state index contributed by atoms with van der Waals surface area (Å²) in [6, 6.07) is 17.1. The molecule has 1 saturated carbocycles. The fourth-order valence-electron chi connectivity index (χ4n) is 4.31. The Morgan fingerprint density at radius 1 is 0.868 bits per heavy atom. The number of nitrogens with zero attached hydrogens (tertiary/aromatic N) is 3. The summed E-state index contributed by atoms with van der Waals surface area (Å²) in [6.45, 7) is 12.1. The summed E-state index contributed by atoms with van der Waals surface area (Å²) in [5, 5.41) is 1.10. The zero-order chi connectivity index (χ0) is 28.5. The number of Topliss-reactive ketones (excluding diaryl/α,β-unsaturated/α-hetero) is 2. The minimum absolute atomic E-state index is 0.0378. The molecule has 0 unspecified atom stereocenters. The predicted octanol–water partition coefficient (Wildman–Crippen LogP) is 8.49. The van der Waals surface area contributed by atoms with Gasteiger partial charge in [0, 0.05) is 37.9 Å². The molecule has 0 aliphatic heterocycles. The second-order valence-corrected chi connectivity index (χ2v) is 10.0. The summed E-state index contributed by atoms with van der Waals surface area (Å²) in [6.07, 6.45) is 8.03. The van der Waals surface area contributed by atoms with Crippen LogP contribution in [0, 0.1) is 18.8 Å². The lowest BCUT2D eigenvalue weighted by Gasteiger charge is -2.24. The van der Waals surface area contributed by atoms with Crippen molar-refractivity contribution in [1.82, 2.24) is 9.97 Å². The normalized spacial score (nSPS) is 16.0. The van der Waals surface area contributed by atoms with E-state index in [4.69, 9.17) is 0 Å². The van der Waals surface area contributed by atoms with Gasteiger partial charge in [0.2, 0.25) is 0 Å². The molecular formula is C33H49N3O2. The number of benzene rings is 2. The van der Waals surface area contributed by atoms with Crippen molar-refractivity contribution in [3.05, 3.63) is 66.0 Å². The van der Waals surface area contributed by atoms with Crippen LogP contribution in [0.4, 0.5) is 5.82 Å². The number of para-hydroxylation sites is 1. The zero-order valence-electron chi connectivity index (χ0n) is 25.0. The summed E-state index contributed by atoms with van der Waals surface area (Å²) in [5.41, 5.74) is 1.69. The quantitative estimate of drug-likeness (QED) is 0.306. The third-order valence-electron chi connectivity index (χ3n) is 6.63. The van der Waals surface area contributed by atoms with Gasteiger partial charge in [-0.2, -0.15) is 0 Å².